The van der Waals surface area contributed by atoms with Crippen LogP contribution in [0.3, 0.4) is 0 Å². The molecule has 1 atom stereocenters. The van der Waals surface area contributed by atoms with Gasteiger partial charge in [0.2, 0.25) is 0 Å². The smallest absolute Gasteiger partial charge is 0.124 e. The molecular formula is C16H16Br3NO. The summed E-state index contributed by atoms with van der Waals surface area (Å²) in [5, 5.41) is 3.38. The first-order chi connectivity index (χ1) is 10.1. The molecule has 0 aliphatic carbocycles. The molecule has 0 amide bonds. The summed E-state index contributed by atoms with van der Waals surface area (Å²) in [5.74, 6) is 0.895. The van der Waals surface area contributed by atoms with Crippen LogP contribution in [0.1, 0.15) is 24.1 Å². The molecule has 0 radical (unpaired) electrons. The fourth-order valence-corrected chi connectivity index (χ4v) is 3.48. The van der Waals surface area contributed by atoms with Crippen LogP contribution in [0.4, 0.5) is 0 Å². The van der Waals surface area contributed by atoms with Gasteiger partial charge in [0, 0.05) is 19.0 Å². The van der Waals surface area contributed by atoms with Crippen LogP contribution >= 0.6 is 47.8 Å². The van der Waals surface area contributed by atoms with Gasteiger partial charge in [-0.3, -0.25) is 0 Å². The lowest BCUT2D eigenvalue weighted by Crippen LogP contribution is -2.19. The largest absolute Gasteiger partial charge is 0.494 e. The van der Waals surface area contributed by atoms with Crippen molar-refractivity contribution in [2.24, 2.45) is 0 Å². The van der Waals surface area contributed by atoms with E-state index in [1.54, 1.807) is 0 Å². The normalized spacial score (nSPS) is 12.2. The predicted molar refractivity (Wildman–Crippen MR) is 98.1 cm³/mol. The van der Waals surface area contributed by atoms with Crippen molar-refractivity contribution in [3.05, 3.63) is 60.9 Å². The fraction of sp³-hybridized carbons (Fsp3) is 0.250. The second-order valence-corrected chi connectivity index (χ2v) is 7.19. The van der Waals surface area contributed by atoms with Gasteiger partial charge in [0.05, 0.1) is 12.6 Å². The van der Waals surface area contributed by atoms with Crippen LogP contribution in [0, 0.1) is 0 Å². The van der Waals surface area contributed by atoms with Crippen molar-refractivity contribution in [3.8, 4) is 5.75 Å². The van der Waals surface area contributed by atoms with Gasteiger partial charge in [-0.05, 0) is 55.9 Å². The molecule has 2 nitrogen and oxygen atoms in total. The molecule has 2 aromatic carbocycles. The Morgan fingerprint density at radius 3 is 2.24 bits per heavy atom. The standard InChI is InChI=1S/C16H16Br3NO/c1-3-21-15-7-5-11(18)9-13(15)16(20-2)12-8-10(17)4-6-14(12)19/h4-9,16,20H,3H2,1-2H3. The summed E-state index contributed by atoms with van der Waals surface area (Å²) in [6.45, 7) is 2.64. The molecule has 0 spiro atoms. The number of nitrogens with one attached hydrogen (secondary N) is 1. The second-order valence-electron chi connectivity index (χ2n) is 4.50. The Morgan fingerprint density at radius 1 is 1.00 bits per heavy atom. The zero-order chi connectivity index (χ0) is 15.4. The monoisotopic (exact) mass is 475 g/mol. The molecule has 112 valence electrons. The van der Waals surface area contributed by atoms with Crippen molar-refractivity contribution in [1.82, 2.24) is 5.32 Å². The number of ether oxygens (including phenoxy) is 1. The van der Waals surface area contributed by atoms with Gasteiger partial charge in [-0.1, -0.05) is 47.8 Å². The maximum atomic E-state index is 5.78. The molecule has 1 N–H and O–H groups in total. The van der Waals surface area contributed by atoms with Crippen LogP contribution in [-0.2, 0) is 0 Å². The van der Waals surface area contributed by atoms with Gasteiger partial charge in [-0.2, -0.15) is 0 Å². The number of halogens is 3. The lowest BCUT2D eigenvalue weighted by atomic mass is 9.98. The van der Waals surface area contributed by atoms with E-state index < -0.39 is 0 Å². The van der Waals surface area contributed by atoms with Gasteiger partial charge < -0.3 is 10.1 Å². The first-order valence-corrected chi connectivity index (χ1v) is 8.99. The summed E-state index contributed by atoms with van der Waals surface area (Å²) in [6.07, 6.45) is 0. The molecule has 5 heteroatoms. The zero-order valence-electron chi connectivity index (χ0n) is 11.8. The van der Waals surface area contributed by atoms with Crippen LogP contribution in [0.25, 0.3) is 0 Å². The third-order valence-electron chi connectivity index (χ3n) is 3.14. The Hall–Kier alpha value is -0.360. The summed E-state index contributed by atoms with van der Waals surface area (Å²) in [4.78, 5) is 0. The third kappa shape index (κ3) is 4.09. The SMILES string of the molecule is CCOc1ccc(Br)cc1C(NC)c1cc(Br)ccc1Br. The highest BCUT2D eigenvalue weighted by atomic mass is 79.9. The van der Waals surface area contributed by atoms with Gasteiger partial charge >= 0.3 is 0 Å². The van der Waals surface area contributed by atoms with Crippen molar-refractivity contribution in [1.29, 1.82) is 0 Å². The van der Waals surface area contributed by atoms with Gasteiger partial charge in [0.25, 0.3) is 0 Å². The van der Waals surface area contributed by atoms with E-state index in [0.717, 1.165) is 30.3 Å². The van der Waals surface area contributed by atoms with Crippen molar-refractivity contribution < 1.29 is 4.74 Å². The first-order valence-electron chi connectivity index (χ1n) is 6.61. The zero-order valence-corrected chi connectivity index (χ0v) is 16.5. The quantitative estimate of drug-likeness (QED) is 0.598. The van der Waals surface area contributed by atoms with Gasteiger partial charge in [0.1, 0.15) is 5.75 Å². The van der Waals surface area contributed by atoms with Gasteiger partial charge in [-0.25, -0.2) is 0 Å². The summed E-state index contributed by atoms with van der Waals surface area (Å²) in [5.41, 5.74) is 2.26. The molecule has 2 rings (SSSR count). The maximum absolute atomic E-state index is 5.78. The highest BCUT2D eigenvalue weighted by molar-refractivity contribution is 9.11. The summed E-state index contributed by atoms with van der Waals surface area (Å²) < 4.78 is 8.93. The molecule has 21 heavy (non-hydrogen) atoms. The highest BCUT2D eigenvalue weighted by Gasteiger charge is 2.19. The minimum Gasteiger partial charge on any atom is -0.494 e. The van der Waals surface area contributed by atoms with E-state index >= 15 is 0 Å². The van der Waals surface area contributed by atoms with E-state index in [0.29, 0.717) is 6.61 Å². The number of hydrogen-bond acceptors (Lipinski definition) is 2. The molecule has 0 fully saturated rings. The predicted octanol–water partition coefficient (Wildman–Crippen LogP) is 5.68. The highest BCUT2D eigenvalue weighted by Crippen LogP contribution is 2.36. The fourth-order valence-electron chi connectivity index (χ4n) is 2.25. The number of hydrogen-bond donors (Lipinski definition) is 1. The summed E-state index contributed by atoms with van der Waals surface area (Å²) in [7, 11) is 1.95. The Balaban J connectivity index is 2.55. The molecule has 0 aliphatic heterocycles. The summed E-state index contributed by atoms with van der Waals surface area (Å²) >= 11 is 10.7. The molecule has 2 aromatic rings. The first kappa shape index (κ1) is 17.0. The summed E-state index contributed by atoms with van der Waals surface area (Å²) in [6, 6.07) is 12.3. The Morgan fingerprint density at radius 2 is 1.62 bits per heavy atom. The number of rotatable bonds is 5. The minimum absolute atomic E-state index is 0.0379. The molecule has 0 saturated heterocycles. The topological polar surface area (TPSA) is 21.3 Å². The lowest BCUT2D eigenvalue weighted by Gasteiger charge is -2.22. The Bertz CT molecular complexity index is 631. The van der Waals surface area contributed by atoms with Crippen LogP contribution in [-0.4, -0.2) is 13.7 Å². The van der Waals surface area contributed by atoms with Gasteiger partial charge in [-0.15, -0.1) is 0 Å². The minimum atomic E-state index is 0.0379. The molecular weight excluding hydrogens is 462 g/mol. The van der Waals surface area contributed by atoms with Gasteiger partial charge in [0.15, 0.2) is 0 Å². The number of benzene rings is 2. The average Bonchev–Trinajstić information content (AvgIpc) is 2.46. The molecule has 1 unspecified atom stereocenters. The van der Waals surface area contributed by atoms with E-state index in [-0.39, 0.29) is 6.04 Å². The molecule has 0 bridgehead atoms. The van der Waals surface area contributed by atoms with Crippen LogP contribution in [0.15, 0.2) is 49.8 Å². The van der Waals surface area contributed by atoms with E-state index in [1.807, 2.05) is 38.2 Å². The van der Waals surface area contributed by atoms with Crippen LogP contribution < -0.4 is 10.1 Å². The maximum Gasteiger partial charge on any atom is 0.124 e. The lowest BCUT2D eigenvalue weighted by molar-refractivity contribution is 0.334. The third-order valence-corrected chi connectivity index (χ3v) is 4.85. The Labute approximate surface area is 150 Å². The van der Waals surface area contributed by atoms with E-state index in [4.69, 9.17) is 4.74 Å². The average molecular weight is 478 g/mol. The van der Waals surface area contributed by atoms with Crippen molar-refractivity contribution in [2.75, 3.05) is 13.7 Å². The van der Waals surface area contributed by atoms with Crippen molar-refractivity contribution in [2.45, 2.75) is 13.0 Å². The van der Waals surface area contributed by atoms with Crippen molar-refractivity contribution >= 4 is 47.8 Å². The molecule has 0 saturated carbocycles. The second kappa shape index (κ2) is 7.77. The van der Waals surface area contributed by atoms with Crippen LogP contribution in [0.5, 0.6) is 5.75 Å². The molecule has 0 aromatic heterocycles. The van der Waals surface area contributed by atoms with Crippen LogP contribution in [0.2, 0.25) is 0 Å². The van der Waals surface area contributed by atoms with E-state index in [1.165, 1.54) is 0 Å². The van der Waals surface area contributed by atoms with Crippen molar-refractivity contribution in [3.63, 3.8) is 0 Å². The van der Waals surface area contributed by atoms with E-state index in [9.17, 15) is 0 Å². The molecule has 0 aliphatic rings. The molecule has 0 heterocycles. The Kier molecular flexibility index (Phi) is 6.29. The van der Waals surface area contributed by atoms with E-state index in [2.05, 4.69) is 65.2 Å².